The number of rotatable bonds is 6. The molecule has 0 aromatic rings. The molecule has 0 atom stereocenters. The fourth-order valence-electron chi connectivity index (χ4n) is 8.24. The normalized spacial score (nSPS) is 27.8. The topological polar surface area (TPSA) is 112 Å². The molecule has 2 N–H and O–H groups in total. The number of hydrogen-bond donors (Lipinski definition) is 2. The Balaban J connectivity index is 1.91. The van der Waals surface area contributed by atoms with Crippen molar-refractivity contribution in [2.75, 3.05) is 7.11 Å². The number of nitrogens with zero attached hydrogens (tertiary/aromatic N) is 3. The molecule has 3 aliphatic heterocycles. The summed E-state index contributed by atoms with van der Waals surface area (Å²) in [5.41, 5.74) is -2.09. The average Bonchev–Trinajstić information content (AvgIpc) is 2.77. The van der Waals surface area contributed by atoms with E-state index in [1.165, 1.54) is 10.1 Å². The van der Waals surface area contributed by atoms with Gasteiger partial charge in [0.1, 0.15) is 12.2 Å². The molecule has 3 aliphatic rings. The van der Waals surface area contributed by atoms with E-state index in [4.69, 9.17) is 14.3 Å². The van der Waals surface area contributed by atoms with Gasteiger partial charge in [-0.2, -0.15) is 15.2 Å². The zero-order valence-corrected chi connectivity index (χ0v) is 28.4. The van der Waals surface area contributed by atoms with Crippen LogP contribution in [0.1, 0.15) is 128 Å². The van der Waals surface area contributed by atoms with Gasteiger partial charge >= 0.3 is 11.9 Å². The highest BCUT2D eigenvalue weighted by atomic mass is 16.7. The minimum absolute atomic E-state index is 0.213. The van der Waals surface area contributed by atoms with Gasteiger partial charge in [-0.1, -0.05) is 5.57 Å². The van der Waals surface area contributed by atoms with Gasteiger partial charge in [-0.15, -0.1) is 0 Å². The lowest BCUT2D eigenvalue weighted by molar-refractivity contribution is -0.277. The molecule has 0 amide bonds. The number of hydrogen-bond acceptors (Lipinski definition) is 10. The van der Waals surface area contributed by atoms with Crippen molar-refractivity contribution in [3.63, 3.8) is 0 Å². The van der Waals surface area contributed by atoms with E-state index in [1.54, 1.807) is 7.11 Å². The lowest BCUT2D eigenvalue weighted by Gasteiger charge is -2.52. The van der Waals surface area contributed by atoms with E-state index in [0.29, 0.717) is 44.1 Å². The van der Waals surface area contributed by atoms with Crippen LogP contribution in [0.15, 0.2) is 11.1 Å². The van der Waals surface area contributed by atoms with Crippen molar-refractivity contribution >= 4 is 11.9 Å². The van der Waals surface area contributed by atoms with Crippen molar-refractivity contribution in [2.24, 2.45) is 0 Å². The van der Waals surface area contributed by atoms with Crippen LogP contribution in [0.2, 0.25) is 0 Å². The second-order valence-corrected chi connectivity index (χ2v) is 16.5. The first-order valence-corrected chi connectivity index (χ1v) is 15.3. The minimum Gasteiger partial charge on any atom is -0.462 e. The quantitative estimate of drug-likeness (QED) is 0.289. The van der Waals surface area contributed by atoms with Crippen LogP contribution in [-0.4, -0.2) is 90.1 Å². The van der Waals surface area contributed by atoms with Crippen LogP contribution in [0.5, 0.6) is 0 Å². The lowest BCUT2D eigenvalue weighted by Crippen LogP contribution is -2.61. The minimum atomic E-state index is -0.650. The molecule has 3 heterocycles. The molecular formula is C32H57N3O7. The van der Waals surface area contributed by atoms with Crippen molar-refractivity contribution in [3.05, 3.63) is 11.1 Å². The molecule has 3 rings (SSSR count). The number of carbonyl (C=O) groups is 2. The van der Waals surface area contributed by atoms with E-state index in [-0.39, 0.29) is 23.6 Å². The number of ether oxygens (including phenoxy) is 2. The van der Waals surface area contributed by atoms with Crippen molar-refractivity contribution in [2.45, 2.75) is 173 Å². The second-order valence-electron chi connectivity index (χ2n) is 16.5. The van der Waals surface area contributed by atoms with E-state index >= 15 is 0 Å². The molecular weight excluding hydrogens is 538 g/mol. The Bertz CT molecular complexity index is 1020. The highest BCUT2D eigenvalue weighted by molar-refractivity contribution is 5.95. The monoisotopic (exact) mass is 595 g/mol. The van der Waals surface area contributed by atoms with E-state index in [1.807, 2.05) is 60.5 Å². The van der Waals surface area contributed by atoms with Gasteiger partial charge in [0.2, 0.25) is 0 Å². The van der Waals surface area contributed by atoms with Crippen molar-refractivity contribution < 1.29 is 34.3 Å². The van der Waals surface area contributed by atoms with Gasteiger partial charge in [-0.05, 0) is 95.9 Å². The molecule has 0 bridgehead atoms. The first-order valence-electron chi connectivity index (χ1n) is 15.3. The zero-order chi connectivity index (χ0) is 32.3. The molecule has 10 nitrogen and oxygen atoms in total. The number of carbonyl (C=O) groups excluding carboxylic acids is 2. The fourth-order valence-corrected chi connectivity index (χ4v) is 8.24. The molecule has 10 heteroatoms. The molecule has 242 valence electrons. The molecule has 0 spiro atoms. The third-order valence-electron chi connectivity index (χ3n) is 9.34. The van der Waals surface area contributed by atoms with Crippen molar-refractivity contribution in [1.82, 2.24) is 15.2 Å². The highest BCUT2D eigenvalue weighted by Crippen LogP contribution is 2.44. The summed E-state index contributed by atoms with van der Waals surface area (Å²) in [6.45, 7) is 23.6. The Morgan fingerprint density at radius 2 is 1.05 bits per heavy atom. The molecule has 42 heavy (non-hydrogen) atoms. The highest BCUT2D eigenvalue weighted by Gasteiger charge is 2.49. The van der Waals surface area contributed by atoms with Gasteiger partial charge in [0.25, 0.3) is 0 Å². The third kappa shape index (κ3) is 7.21. The van der Waals surface area contributed by atoms with Crippen LogP contribution in [0, 0.1) is 0 Å². The first-order chi connectivity index (χ1) is 18.8. The predicted octanol–water partition coefficient (Wildman–Crippen LogP) is 5.80. The summed E-state index contributed by atoms with van der Waals surface area (Å²) in [7, 11) is 1.66. The van der Waals surface area contributed by atoms with Gasteiger partial charge in [0.15, 0.2) is 0 Å². The smallest absolute Gasteiger partial charge is 0.334 e. The first kappa shape index (κ1) is 34.9. The van der Waals surface area contributed by atoms with Crippen molar-refractivity contribution in [1.29, 1.82) is 0 Å². The Kier molecular flexibility index (Phi) is 9.50. The Hall–Kier alpha value is -1.56. The van der Waals surface area contributed by atoms with Gasteiger partial charge in [-0.3, -0.25) is 4.79 Å². The molecule has 0 radical (unpaired) electrons. The Morgan fingerprint density at radius 3 is 1.48 bits per heavy atom. The summed E-state index contributed by atoms with van der Waals surface area (Å²) in [4.78, 5) is 33.2. The standard InChI is InChI=1S/C32H57N3O7/c1-27(2)15-21(16-28(3,4)33(27)38)24(14-25(36)41-22-17-29(5,6)34(39)30(7,8)18-22)26(37)42-23-19-31(9,10)35(40-13)32(11,12)20-23/h22-23,38-39H,14-20H2,1-13H3. The zero-order valence-electron chi connectivity index (χ0n) is 28.4. The maximum Gasteiger partial charge on any atom is 0.334 e. The molecule has 0 saturated carbocycles. The maximum absolute atomic E-state index is 14.0. The van der Waals surface area contributed by atoms with E-state index < -0.39 is 40.2 Å². The summed E-state index contributed by atoms with van der Waals surface area (Å²) in [5, 5.41) is 26.2. The number of hydroxylamine groups is 6. The fraction of sp³-hybridized carbons (Fsp3) is 0.875. The predicted molar refractivity (Wildman–Crippen MR) is 160 cm³/mol. The maximum atomic E-state index is 14.0. The second kappa shape index (κ2) is 11.4. The molecule has 0 aromatic heterocycles. The van der Waals surface area contributed by atoms with E-state index in [0.717, 1.165) is 5.57 Å². The third-order valence-corrected chi connectivity index (χ3v) is 9.34. The molecule has 3 saturated heterocycles. The lowest BCUT2D eigenvalue weighted by atomic mass is 9.76. The van der Waals surface area contributed by atoms with Crippen LogP contribution in [0.3, 0.4) is 0 Å². The van der Waals surface area contributed by atoms with Gasteiger partial charge in [0.05, 0.1) is 13.5 Å². The molecule has 0 aromatic carbocycles. The average molecular weight is 596 g/mol. The van der Waals surface area contributed by atoms with Crippen molar-refractivity contribution in [3.8, 4) is 0 Å². The summed E-state index contributed by atoms with van der Waals surface area (Å²) < 4.78 is 12.2. The van der Waals surface area contributed by atoms with Gasteiger partial charge in [0, 0.05) is 64.5 Å². The van der Waals surface area contributed by atoms with Gasteiger partial charge in [-0.25, -0.2) is 4.79 Å². The summed E-state index contributed by atoms with van der Waals surface area (Å²) in [6, 6.07) is 0. The molecule has 0 aliphatic carbocycles. The summed E-state index contributed by atoms with van der Waals surface area (Å²) >= 11 is 0. The van der Waals surface area contributed by atoms with Crippen LogP contribution in [-0.2, 0) is 23.9 Å². The van der Waals surface area contributed by atoms with E-state index in [2.05, 4.69) is 27.7 Å². The Morgan fingerprint density at radius 1 is 0.667 bits per heavy atom. The number of esters is 2. The largest absolute Gasteiger partial charge is 0.462 e. The van der Waals surface area contributed by atoms with E-state index in [9.17, 15) is 20.0 Å². The van der Waals surface area contributed by atoms with Crippen LogP contribution < -0.4 is 0 Å². The summed E-state index contributed by atoms with van der Waals surface area (Å²) in [5.74, 6) is -0.998. The van der Waals surface area contributed by atoms with Gasteiger partial charge < -0.3 is 24.7 Å². The van der Waals surface area contributed by atoms with Crippen LogP contribution in [0.4, 0.5) is 0 Å². The Labute approximate surface area is 253 Å². The SMILES string of the molecule is CON1C(C)(C)CC(OC(=O)C(CC(=O)OC2CC(C)(C)N(O)C(C)(C)C2)=C2CC(C)(C)N(O)C(C)(C)C2)CC1(C)C. The van der Waals surface area contributed by atoms with Crippen LogP contribution >= 0.6 is 0 Å². The molecule has 0 unspecified atom stereocenters. The summed E-state index contributed by atoms with van der Waals surface area (Å²) in [6.07, 6.45) is 1.93. The number of piperidine rings is 3. The molecule has 3 fully saturated rings. The van der Waals surface area contributed by atoms with Crippen LogP contribution in [0.25, 0.3) is 0 Å².